The zero-order valence-corrected chi connectivity index (χ0v) is 16.9. The number of carbonyl (C=O) groups is 1. The van der Waals surface area contributed by atoms with Gasteiger partial charge in [-0.25, -0.2) is 13.2 Å². The van der Waals surface area contributed by atoms with Gasteiger partial charge in [-0.1, -0.05) is 48.5 Å². The lowest BCUT2D eigenvalue weighted by molar-refractivity contribution is 0.262. The first kappa shape index (κ1) is 19.7. The van der Waals surface area contributed by atoms with Crippen LogP contribution in [0.5, 0.6) is 0 Å². The molecule has 0 saturated carbocycles. The number of allylic oxidation sites excluding steroid dienone is 1. The van der Waals surface area contributed by atoms with E-state index in [-0.39, 0.29) is 0 Å². The standard InChI is InChI=1S/C23H21N3O3S/c27-23(24-19-9-2-1-3-10-19)25-20-11-6-12-21(16-20)26-30(28,29)22-14-13-17-7-4-5-8-18(17)15-22/h1-12,15-16,26H,13-14H2,(H2,24,25,27). The van der Waals surface area contributed by atoms with Gasteiger partial charge in [0, 0.05) is 11.4 Å². The van der Waals surface area contributed by atoms with E-state index >= 15 is 0 Å². The second kappa shape index (κ2) is 8.42. The van der Waals surface area contributed by atoms with Gasteiger partial charge >= 0.3 is 6.03 Å². The van der Waals surface area contributed by atoms with E-state index in [1.165, 1.54) is 0 Å². The van der Waals surface area contributed by atoms with Crippen LogP contribution in [0.15, 0.2) is 83.8 Å². The summed E-state index contributed by atoms with van der Waals surface area (Å²) < 4.78 is 28.3. The summed E-state index contributed by atoms with van der Waals surface area (Å²) in [7, 11) is -3.69. The summed E-state index contributed by atoms with van der Waals surface area (Å²) in [5.41, 5.74) is 3.60. The lowest BCUT2D eigenvalue weighted by Gasteiger charge is -2.18. The van der Waals surface area contributed by atoms with Crippen molar-refractivity contribution >= 4 is 39.2 Å². The number of rotatable bonds is 5. The summed E-state index contributed by atoms with van der Waals surface area (Å²) in [6, 6.07) is 23.0. The van der Waals surface area contributed by atoms with Gasteiger partial charge in [0.25, 0.3) is 10.0 Å². The van der Waals surface area contributed by atoms with Crippen LogP contribution in [0.4, 0.5) is 21.9 Å². The van der Waals surface area contributed by atoms with Gasteiger partial charge in [0.2, 0.25) is 0 Å². The van der Waals surface area contributed by atoms with Crippen molar-refractivity contribution in [3.63, 3.8) is 0 Å². The fourth-order valence-corrected chi connectivity index (χ4v) is 4.54. The first-order valence-electron chi connectivity index (χ1n) is 9.54. The minimum Gasteiger partial charge on any atom is -0.308 e. The molecule has 0 spiro atoms. The van der Waals surface area contributed by atoms with Crippen molar-refractivity contribution in [2.24, 2.45) is 0 Å². The molecule has 1 aliphatic carbocycles. The third-order valence-electron chi connectivity index (χ3n) is 4.76. The summed E-state index contributed by atoms with van der Waals surface area (Å²) >= 11 is 0. The van der Waals surface area contributed by atoms with Gasteiger partial charge in [-0.3, -0.25) is 4.72 Å². The largest absolute Gasteiger partial charge is 0.323 e. The molecule has 3 aromatic rings. The number of carbonyl (C=O) groups excluding carboxylic acids is 1. The first-order chi connectivity index (χ1) is 14.5. The van der Waals surface area contributed by atoms with Gasteiger partial charge in [-0.2, -0.15) is 0 Å². The molecule has 0 saturated heterocycles. The Morgan fingerprint density at radius 3 is 2.23 bits per heavy atom. The highest BCUT2D eigenvalue weighted by molar-refractivity contribution is 7.96. The number of aryl methyl sites for hydroxylation is 1. The van der Waals surface area contributed by atoms with E-state index in [0.717, 1.165) is 11.1 Å². The summed E-state index contributed by atoms with van der Waals surface area (Å²) in [5.74, 6) is 0. The molecule has 30 heavy (non-hydrogen) atoms. The van der Waals surface area contributed by atoms with Crippen molar-refractivity contribution in [3.8, 4) is 0 Å². The molecule has 0 aliphatic heterocycles. The Balaban J connectivity index is 1.46. The molecule has 152 valence electrons. The van der Waals surface area contributed by atoms with E-state index in [1.54, 1.807) is 42.5 Å². The Bertz CT molecular complexity index is 1210. The Morgan fingerprint density at radius 1 is 0.733 bits per heavy atom. The van der Waals surface area contributed by atoms with Gasteiger partial charge in [0.1, 0.15) is 0 Å². The van der Waals surface area contributed by atoms with E-state index in [0.29, 0.717) is 34.8 Å². The van der Waals surface area contributed by atoms with E-state index in [9.17, 15) is 13.2 Å². The monoisotopic (exact) mass is 419 g/mol. The van der Waals surface area contributed by atoms with E-state index < -0.39 is 16.1 Å². The lowest BCUT2D eigenvalue weighted by Crippen LogP contribution is -2.20. The molecule has 0 aromatic heterocycles. The number of hydrogen-bond acceptors (Lipinski definition) is 3. The number of fused-ring (bicyclic) bond motifs is 1. The number of sulfonamides is 1. The van der Waals surface area contributed by atoms with Crippen molar-refractivity contribution in [2.45, 2.75) is 12.8 Å². The van der Waals surface area contributed by atoms with Crippen molar-refractivity contribution in [3.05, 3.63) is 94.9 Å². The van der Waals surface area contributed by atoms with Crippen LogP contribution >= 0.6 is 0 Å². The van der Waals surface area contributed by atoms with Crippen LogP contribution in [0.25, 0.3) is 6.08 Å². The molecule has 3 N–H and O–H groups in total. The average Bonchev–Trinajstić information content (AvgIpc) is 2.74. The minimum absolute atomic E-state index is 0.349. The highest BCUT2D eigenvalue weighted by Crippen LogP contribution is 2.28. The maximum atomic E-state index is 12.9. The molecule has 3 aromatic carbocycles. The molecule has 0 unspecified atom stereocenters. The molecule has 1 aliphatic rings. The summed E-state index contributed by atoms with van der Waals surface area (Å²) in [5, 5.41) is 5.43. The highest BCUT2D eigenvalue weighted by atomic mass is 32.2. The SMILES string of the molecule is O=C(Nc1ccccc1)Nc1cccc(NS(=O)(=O)C2=Cc3ccccc3CC2)c1. The number of urea groups is 1. The zero-order chi connectivity index (χ0) is 21.0. The summed E-state index contributed by atoms with van der Waals surface area (Å²) in [6.07, 6.45) is 2.85. The van der Waals surface area contributed by atoms with Crippen LogP contribution in [0.1, 0.15) is 17.5 Å². The predicted octanol–water partition coefficient (Wildman–Crippen LogP) is 5.06. The van der Waals surface area contributed by atoms with Crippen LogP contribution in [0.2, 0.25) is 0 Å². The van der Waals surface area contributed by atoms with Crippen molar-refractivity contribution in [1.29, 1.82) is 0 Å². The van der Waals surface area contributed by atoms with Crippen LogP contribution in [0, 0.1) is 0 Å². The Labute approximate surface area is 175 Å². The average molecular weight is 420 g/mol. The topological polar surface area (TPSA) is 87.3 Å². The molecule has 0 bridgehead atoms. The van der Waals surface area contributed by atoms with Crippen molar-refractivity contribution in [2.75, 3.05) is 15.4 Å². The number of hydrogen-bond donors (Lipinski definition) is 3. The predicted molar refractivity (Wildman–Crippen MR) is 121 cm³/mol. The quantitative estimate of drug-likeness (QED) is 0.540. The summed E-state index contributed by atoms with van der Waals surface area (Å²) in [4.78, 5) is 12.5. The second-order valence-electron chi connectivity index (χ2n) is 6.94. The van der Waals surface area contributed by atoms with E-state index in [1.807, 2.05) is 42.5 Å². The normalized spacial score (nSPS) is 13.0. The van der Waals surface area contributed by atoms with E-state index in [2.05, 4.69) is 15.4 Å². The van der Waals surface area contributed by atoms with Gasteiger partial charge in [0.15, 0.2) is 0 Å². The molecule has 4 rings (SSSR count). The molecule has 0 heterocycles. The molecular weight excluding hydrogens is 398 g/mol. The molecule has 2 amide bonds. The molecule has 0 atom stereocenters. The fourth-order valence-electron chi connectivity index (χ4n) is 3.31. The first-order valence-corrected chi connectivity index (χ1v) is 11.0. The number of nitrogens with one attached hydrogen (secondary N) is 3. The van der Waals surface area contributed by atoms with Crippen LogP contribution < -0.4 is 15.4 Å². The number of benzene rings is 3. The van der Waals surface area contributed by atoms with Gasteiger partial charge in [-0.05, 0) is 60.4 Å². The third-order valence-corrected chi connectivity index (χ3v) is 6.28. The number of anilines is 3. The van der Waals surface area contributed by atoms with Gasteiger partial charge < -0.3 is 10.6 Å². The molecular formula is C23H21N3O3S. The zero-order valence-electron chi connectivity index (χ0n) is 16.1. The second-order valence-corrected chi connectivity index (χ2v) is 8.68. The molecule has 0 fully saturated rings. The van der Waals surface area contributed by atoms with Crippen LogP contribution in [-0.2, 0) is 16.4 Å². The number of para-hydroxylation sites is 1. The van der Waals surface area contributed by atoms with Gasteiger partial charge in [0.05, 0.1) is 10.6 Å². The maximum absolute atomic E-state index is 12.9. The van der Waals surface area contributed by atoms with Crippen LogP contribution in [0.3, 0.4) is 0 Å². The Kier molecular flexibility index (Phi) is 5.54. The number of amides is 2. The smallest absolute Gasteiger partial charge is 0.308 e. The Hall–Kier alpha value is -3.58. The fraction of sp³-hybridized carbons (Fsp3) is 0.0870. The van der Waals surface area contributed by atoms with Gasteiger partial charge in [-0.15, -0.1) is 0 Å². The summed E-state index contributed by atoms with van der Waals surface area (Å²) in [6.45, 7) is 0. The third kappa shape index (κ3) is 4.69. The van der Waals surface area contributed by atoms with E-state index in [4.69, 9.17) is 0 Å². The lowest BCUT2D eigenvalue weighted by atomic mass is 9.98. The molecule has 0 radical (unpaired) electrons. The maximum Gasteiger partial charge on any atom is 0.323 e. The molecule has 6 nitrogen and oxygen atoms in total. The Morgan fingerprint density at radius 2 is 1.40 bits per heavy atom. The van der Waals surface area contributed by atoms with Crippen molar-refractivity contribution < 1.29 is 13.2 Å². The van der Waals surface area contributed by atoms with Crippen LogP contribution in [-0.4, -0.2) is 14.4 Å². The highest BCUT2D eigenvalue weighted by Gasteiger charge is 2.21. The minimum atomic E-state index is -3.69. The van der Waals surface area contributed by atoms with Crippen molar-refractivity contribution in [1.82, 2.24) is 0 Å². The molecule has 7 heteroatoms.